The number of nitrogens with zero attached hydrogens (tertiary/aromatic N) is 7. The minimum atomic E-state index is -4.54. The number of para-hydroxylation sites is 1. The molecular formula is C21H20F3N7O. The largest absolute Gasteiger partial charge is 0.433 e. The van der Waals surface area contributed by atoms with Crippen molar-refractivity contribution in [1.29, 1.82) is 0 Å². The summed E-state index contributed by atoms with van der Waals surface area (Å²) in [6, 6.07) is 10.0. The number of fused-ring (bicyclic) bond motifs is 2. The van der Waals surface area contributed by atoms with Crippen molar-refractivity contribution in [3.8, 4) is 0 Å². The van der Waals surface area contributed by atoms with Gasteiger partial charge in [0.2, 0.25) is 5.91 Å². The Morgan fingerprint density at radius 3 is 2.66 bits per heavy atom. The van der Waals surface area contributed by atoms with Gasteiger partial charge < -0.3 is 4.90 Å². The highest BCUT2D eigenvalue weighted by Crippen LogP contribution is 2.34. The quantitative estimate of drug-likeness (QED) is 0.486. The van der Waals surface area contributed by atoms with Gasteiger partial charge in [0.25, 0.3) is 0 Å². The summed E-state index contributed by atoms with van der Waals surface area (Å²) < 4.78 is 43.1. The maximum absolute atomic E-state index is 13.6. The Labute approximate surface area is 180 Å². The van der Waals surface area contributed by atoms with Crippen molar-refractivity contribution >= 4 is 22.6 Å². The second-order valence-electron chi connectivity index (χ2n) is 8.01. The molecule has 0 unspecified atom stereocenters. The molecule has 166 valence electrons. The Balaban J connectivity index is 1.31. The lowest BCUT2D eigenvalue weighted by Crippen LogP contribution is -2.40. The van der Waals surface area contributed by atoms with Gasteiger partial charge in [0.05, 0.1) is 11.2 Å². The van der Waals surface area contributed by atoms with E-state index in [-0.39, 0.29) is 24.0 Å². The molecule has 0 N–H and O–H groups in total. The zero-order valence-electron chi connectivity index (χ0n) is 17.2. The van der Waals surface area contributed by atoms with Crippen molar-refractivity contribution in [2.45, 2.75) is 38.4 Å². The fourth-order valence-corrected chi connectivity index (χ4v) is 4.21. The number of amides is 1. The van der Waals surface area contributed by atoms with Gasteiger partial charge in [-0.15, -0.1) is 5.10 Å². The smallest absolute Gasteiger partial charge is 0.341 e. The minimum Gasteiger partial charge on any atom is -0.341 e. The van der Waals surface area contributed by atoms with Crippen molar-refractivity contribution in [2.24, 2.45) is 0 Å². The van der Waals surface area contributed by atoms with Crippen LogP contribution < -0.4 is 0 Å². The van der Waals surface area contributed by atoms with Crippen molar-refractivity contribution < 1.29 is 18.0 Å². The van der Waals surface area contributed by atoms with E-state index in [1.54, 1.807) is 22.6 Å². The molecule has 0 bridgehead atoms. The fourth-order valence-electron chi connectivity index (χ4n) is 4.21. The number of benzene rings is 1. The minimum absolute atomic E-state index is 0.0721. The van der Waals surface area contributed by atoms with E-state index in [1.165, 1.54) is 0 Å². The van der Waals surface area contributed by atoms with Crippen molar-refractivity contribution in [3.63, 3.8) is 0 Å². The molecule has 1 aliphatic rings. The molecule has 4 aromatic rings. The monoisotopic (exact) mass is 443 g/mol. The first-order valence-corrected chi connectivity index (χ1v) is 10.3. The number of hydrogen-bond donors (Lipinski definition) is 0. The average molecular weight is 443 g/mol. The zero-order valence-corrected chi connectivity index (χ0v) is 17.2. The molecule has 1 fully saturated rings. The number of hydrogen-bond acceptors (Lipinski definition) is 5. The summed E-state index contributed by atoms with van der Waals surface area (Å²) in [6.45, 7) is 2.60. The highest BCUT2D eigenvalue weighted by molar-refractivity contribution is 5.79. The summed E-state index contributed by atoms with van der Waals surface area (Å²) in [5.41, 5.74) is 1.71. The molecule has 1 amide bonds. The van der Waals surface area contributed by atoms with Gasteiger partial charge in [-0.1, -0.05) is 17.3 Å². The molecule has 32 heavy (non-hydrogen) atoms. The molecule has 8 nitrogen and oxygen atoms in total. The van der Waals surface area contributed by atoms with Gasteiger partial charge in [-0.2, -0.15) is 18.3 Å². The third kappa shape index (κ3) is 3.67. The Hall–Kier alpha value is -3.50. The first-order chi connectivity index (χ1) is 15.3. The van der Waals surface area contributed by atoms with E-state index in [0.717, 1.165) is 21.6 Å². The summed E-state index contributed by atoms with van der Waals surface area (Å²) >= 11 is 0. The van der Waals surface area contributed by atoms with E-state index in [0.29, 0.717) is 37.3 Å². The number of piperidine rings is 1. The third-order valence-corrected chi connectivity index (χ3v) is 5.83. The van der Waals surface area contributed by atoms with Crippen molar-refractivity contribution in [1.82, 2.24) is 34.5 Å². The van der Waals surface area contributed by atoms with Gasteiger partial charge in [0.15, 0.2) is 5.65 Å². The van der Waals surface area contributed by atoms with Crippen LogP contribution in [0.5, 0.6) is 0 Å². The molecule has 0 spiro atoms. The van der Waals surface area contributed by atoms with Gasteiger partial charge in [0.1, 0.15) is 17.8 Å². The second-order valence-corrected chi connectivity index (χ2v) is 8.01. The van der Waals surface area contributed by atoms with Gasteiger partial charge in [-0.25, -0.2) is 14.2 Å². The first-order valence-electron chi connectivity index (χ1n) is 10.3. The molecule has 11 heteroatoms. The lowest BCUT2D eigenvalue weighted by atomic mass is 9.92. The van der Waals surface area contributed by atoms with Crippen LogP contribution >= 0.6 is 0 Å². The lowest BCUT2D eigenvalue weighted by Gasteiger charge is -2.32. The number of aryl methyl sites for hydroxylation is 1. The predicted octanol–water partition coefficient (Wildman–Crippen LogP) is 3.21. The predicted molar refractivity (Wildman–Crippen MR) is 109 cm³/mol. The Kier molecular flexibility index (Phi) is 4.83. The van der Waals surface area contributed by atoms with Crippen LogP contribution in [0.3, 0.4) is 0 Å². The van der Waals surface area contributed by atoms with Crippen LogP contribution in [-0.2, 0) is 17.5 Å². The first kappa shape index (κ1) is 20.4. The van der Waals surface area contributed by atoms with Crippen molar-refractivity contribution in [2.75, 3.05) is 13.1 Å². The lowest BCUT2D eigenvalue weighted by molar-refractivity contribution is -0.142. The molecule has 0 radical (unpaired) electrons. The highest BCUT2D eigenvalue weighted by atomic mass is 19.4. The molecule has 1 aliphatic heterocycles. The second kappa shape index (κ2) is 7.57. The number of aromatic nitrogens is 6. The molecule has 0 aliphatic carbocycles. The summed E-state index contributed by atoms with van der Waals surface area (Å²) in [5, 5.41) is 12.0. The van der Waals surface area contributed by atoms with Crippen LogP contribution in [-0.4, -0.2) is 53.5 Å². The number of halogens is 3. The average Bonchev–Trinajstić information content (AvgIpc) is 3.35. The van der Waals surface area contributed by atoms with Gasteiger partial charge >= 0.3 is 6.18 Å². The van der Waals surface area contributed by atoms with E-state index >= 15 is 0 Å². The van der Waals surface area contributed by atoms with E-state index in [1.807, 2.05) is 24.3 Å². The Morgan fingerprint density at radius 1 is 1.16 bits per heavy atom. The highest BCUT2D eigenvalue weighted by Gasteiger charge is 2.36. The summed E-state index contributed by atoms with van der Waals surface area (Å²) in [5.74, 6) is -0.252. The standard InChI is InChI=1S/C21H20F3N7O/c1-13-10-19-25-16(11-18(21(22,23)24)31(19)27-13)14-6-8-29(9-7-14)20(32)12-30-17-5-3-2-4-15(17)26-28-30/h2-5,10-11,14H,6-9,12H2,1H3. The SMILES string of the molecule is Cc1cc2nc(C3CCN(C(=O)Cn4nnc5ccccc54)CC3)cc(C(F)(F)F)n2n1. The van der Waals surface area contributed by atoms with Crippen LogP contribution in [0, 0.1) is 6.92 Å². The molecule has 1 aromatic carbocycles. The molecule has 5 rings (SSSR count). The van der Waals surface area contributed by atoms with Crippen LogP contribution in [0.2, 0.25) is 0 Å². The summed E-state index contributed by atoms with van der Waals surface area (Å²) in [7, 11) is 0. The van der Waals surface area contributed by atoms with E-state index in [4.69, 9.17) is 0 Å². The molecule has 4 heterocycles. The molecule has 0 atom stereocenters. The number of carbonyl (C=O) groups is 1. The van der Waals surface area contributed by atoms with E-state index in [2.05, 4.69) is 20.4 Å². The molecule has 3 aromatic heterocycles. The maximum atomic E-state index is 13.6. The van der Waals surface area contributed by atoms with Crippen molar-refractivity contribution in [3.05, 3.63) is 53.5 Å². The van der Waals surface area contributed by atoms with Gasteiger partial charge in [-0.05, 0) is 38.0 Å². The Bertz CT molecular complexity index is 1300. The van der Waals surface area contributed by atoms with Crippen LogP contribution in [0.1, 0.15) is 35.8 Å². The van der Waals surface area contributed by atoms with Gasteiger partial charge in [0, 0.05) is 30.8 Å². The topological polar surface area (TPSA) is 81.2 Å². The number of likely N-dealkylation sites (tertiary alicyclic amines) is 1. The maximum Gasteiger partial charge on any atom is 0.433 e. The van der Waals surface area contributed by atoms with Gasteiger partial charge in [-0.3, -0.25) is 4.79 Å². The Morgan fingerprint density at radius 2 is 1.91 bits per heavy atom. The van der Waals surface area contributed by atoms with E-state index < -0.39 is 11.9 Å². The van der Waals surface area contributed by atoms with Crippen LogP contribution in [0.4, 0.5) is 13.2 Å². The fraction of sp³-hybridized carbons (Fsp3) is 0.381. The van der Waals surface area contributed by atoms with Crippen LogP contribution in [0.15, 0.2) is 36.4 Å². The number of alkyl halides is 3. The molecule has 0 saturated carbocycles. The normalized spacial score (nSPS) is 15.7. The van der Waals surface area contributed by atoms with Crippen LogP contribution in [0.25, 0.3) is 16.7 Å². The third-order valence-electron chi connectivity index (χ3n) is 5.83. The molecule has 1 saturated heterocycles. The molecular weight excluding hydrogens is 423 g/mol. The number of carbonyl (C=O) groups excluding carboxylic acids is 1. The zero-order chi connectivity index (χ0) is 22.5. The summed E-state index contributed by atoms with van der Waals surface area (Å²) in [4.78, 5) is 18.9. The summed E-state index contributed by atoms with van der Waals surface area (Å²) in [6.07, 6.45) is -3.46. The number of rotatable bonds is 3. The van der Waals surface area contributed by atoms with E-state index in [9.17, 15) is 18.0 Å².